The average Bonchev–Trinajstić information content (AvgIpc) is 2.47. The van der Waals surface area contributed by atoms with Crippen LogP contribution in [0.3, 0.4) is 0 Å². The molecule has 2 rings (SSSR count). The normalized spacial score (nSPS) is 10.3. The summed E-state index contributed by atoms with van der Waals surface area (Å²) < 4.78 is 11.6. The second-order valence-electron chi connectivity index (χ2n) is 4.63. The molecule has 0 heterocycles. The predicted molar refractivity (Wildman–Crippen MR) is 90.8 cm³/mol. The van der Waals surface area contributed by atoms with Crippen LogP contribution in [0.15, 0.2) is 34.8 Å². The molecule has 21 heavy (non-hydrogen) atoms. The summed E-state index contributed by atoms with van der Waals surface area (Å²) in [6, 6.07) is 9.94. The molecule has 0 saturated heterocycles. The van der Waals surface area contributed by atoms with Gasteiger partial charge in [0.2, 0.25) is 0 Å². The molecule has 0 amide bonds. The van der Waals surface area contributed by atoms with Crippen molar-refractivity contribution in [2.75, 3.05) is 19.5 Å². The first-order valence-corrected chi connectivity index (χ1v) is 7.62. The van der Waals surface area contributed by atoms with Gasteiger partial charge in [0.25, 0.3) is 0 Å². The highest BCUT2D eigenvalue weighted by molar-refractivity contribution is 9.10. The van der Waals surface area contributed by atoms with E-state index in [2.05, 4.69) is 34.2 Å². The van der Waals surface area contributed by atoms with Gasteiger partial charge in [0.05, 0.1) is 19.2 Å². The number of halogens is 2. The van der Waals surface area contributed by atoms with Gasteiger partial charge in [-0.1, -0.05) is 27.5 Å². The third-order valence-electron chi connectivity index (χ3n) is 3.15. The van der Waals surface area contributed by atoms with E-state index in [-0.39, 0.29) is 0 Å². The van der Waals surface area contributed by atoms with Gasteiger partial charge in [0.1, 0.15) is 0 Å². The maximum Gasteiger partial charge on any atom is 0.179 e. The zero-order valence-corrected chi connectivity index (χ0v) is 14.5. The molecular weight excluding hydrogens is 354 g/mol. The van der Waals surface area contributed by atoms with Crippen LogP contribution in [-0.2, 0) is 6.54 Å². The minimum Gasteiger partial charge on any atom is -0.493 e. The molecule has 2 aromatic carbocycles. The topological polar surface area (TPSA) is 30.5 Å². The summed E-state index contributed by atoms with van der Waals surface area (Å²) in [5.41, 5.74) is 3.27. The van der Waals surface area contributed by atoms with Crippen molar-refractivity contribution in [3.63, 3.8) is 0 Å². The molecule has 0 aliphatic heterocycles. The van der Waals surface area contributed by atoms with Gasteiger partial charge in [-0.3, -0.25) is 0 Å². The number of benzene rings is 2. The largest absolute Gasteiger partial charge is 0.493 e. The van der Waals surface area contributed by atoms with E-state index in [0.717, 1.165) is 15.7 Å². The monoisotopic (exact) mass is 369 g/mol. The third kappa shape index (κ3) is 3.83. The minimum absolute atomic E-state index is 0.542. The van der Waals surface area contributed by atoms with Crippen LogP contribution in [0.1, 0.15) is 11.1 Å². The SMILES string of the molecule is COc1cc(CNc2ccc(Br)c(C)c2)cc(Cl)c1OC. The molecule has 0 saturated carbocycles. The average molecular weight is 371 g/mol. The molecule has 0 aliphatic carbocycles. The zero-order valence-electron chi connectivity index (χ0n) is 12.2. The fourth-order valence-corrected chi connectivity index (χ4v) is 2.59. The Morgan fingerprint density at radius 2 is 1.90 bits per heavy atom. The molecule has 1 N–H and O–H groups in total. The highest BCUT2D eigenvalue weighted by atomic mass is 79.9. The van der Waals surface area contributed by atoms with Gasteiger partial charge >= 0.3 is 0 Å². The lowest BCUT2D eigenvalue weighted by Crippen LogP contribution is -2.01. The lowest BCUT2D eigenvalue weighted by atomic mass is 10.1. The maximum atomic E-state index is 6.20. The molecule has 0 aliphatic rings. The molecule has 0 atom stereocenters. The standard InChI is InChI=1S/C16H17BrClNO2/c1-10-6-12(4-5-13(10)17)19-9-11-7-14(18)16(21-3)15(8-11)20-2/h4-8,19H,9H2,1-3H3. The van der Waals surface area contributed by atoms with Crippen LogP contribution >= 0.6 is 27.5 Å². The van der Waals surface area contributed by atoms with E-state index in [9.17, 15) is 0 Å². The van der Waals surface area contributed by atoms with E-state index in [1.807, 2.05) is 24.3 Å². The van der Waals surface area contributed by atoms with Gasteiger partial charge in [-0.25, -0.2) is 0 Å². The van der Waals surface area contributed by atoms with Crippen LogP contribution in [0, 0.1) is 6.92 Å². The number of ether oxygens (including phenoxy) is 2. The first-order valence-electron chi connectivity index (χ1n) is 6.45. The summed E-state index contributed by atoms with van der Waals surface area (Å²) in [5.74, 6) is 1.19. The molecule has 0 aromatic heterocycles. The summed E-state index contributed by atoms with van der Waals surface area (Å²) in [4.78, 5) is 0. The fourth-order valence-electron chi connectivity index (χ4n) is 2.03. The van der Waals surface area contributed by atoms with Crippen molar-refractivity contribution in [3.05, 3.63) is 51.0 Å². The number of rotatable bonds is 5. The number of hydrogen-bond acceptors (Lipinski definition) is 3. The molecule has 5 heteroatoms. The second kappa shape index (κ2) is 7.05. The molecule has 0 fully saturated rings. The Hall–Kier alpha value is -1.39. The highest BCUT2D eigenvalue weighted by Gasteiger charge is 2.10. The molecule has 0 bridgehead atoms. The van der Waals surface area contributed by atoms with E-state index in [1.165, 1.54) is 5.56 Å². The number of methoxy groups -OCH3 is 2. The zero-order chi connectivity index (χ0) is 15.4. The Kier molecular flexibility index (Phi) is 5.37. The van der Waals surface area contributed by atoms with Crippen LogP contribution in [0.2, 0.25) is 5.02 Å². The Morgan fingerprint density at radius 3 is 2.52 bits per heavy atom. The van der Waals surface area contributed by atoms with Crippen molar-refractivity contribution in [2.45, 2.75) is 13.5 Å². The number of anilines is 1. The van der Waals surface area contributed by atoms with Crippen molar-refractivity contribution < 1.29 is 9.47 Å². The van der Waals surface area contributed by atoms with Crippen LogP contribution in [0.4, 0.5) is 5.69 Å². The van der Waals surface area contributed by atoms with Gasteiger partial charge in [0, 0.05) is 16.7 Å². The van der Waals surface area contributed by atoms with Crippen LogP contribution < -0.4 is 14.8 Å². The maximum absolute atomic E-state index is 6.20. The van der Waals surface area contributed by atoms with Crippen molar-refractivity contribution in [3.8, 4) is 11.5 Å². The van der Waals surface area contributed by atoms with Crippen molar-refractivity contribution >= 4 is 33.2 Å². The van der Waals surface area contributed by atoms with Gasteiger partial charge in [-0.15, -0.1) is 0 Å². The molecule has 3 nitrogen and oxygen atoms in total. The Balaban J connectivity index is 2.16. The molecular formula is C16H17BrClNO2. The first-order chi connectivity index (χ1) is 10.0. The summed E-state index contributed by atoms with van der Waals surface area (Å²) in [6.45, 7) is 2.71. The van der Waals surface area contributed by atoms with E-state index in [4.69, 9.17) is 21.1 Å². The van der Waals surface area contributed by atoms with Crippen molar-refractivity contribution in [2.24, 2.45) is 0 Å². The summed E-state index contributed by atoms with van der Waals surface area (Å²) >= 11 is 9.70. The predicted octanol–water partition coefficient (Wildman–Crippen LogP) is 5.04. The molecule has 0 radical (unpaired) electrons. The number of nitrogens with one attached hydrogen (secondary N) is 1. The highest BCUT2D eigenvalue weighted by Crippen LogP contribution is 2.36. The summed E-state index contributed by atoms with van der Waals surface area (Å²) in [6.07, 6.45) is 0. The smallest absolute Gasteiger partial charge is 0.179 e. The van der Waals surface area contributed by atoms with Gasteiger partial charge in [-0.05, 0) is 48.4 Å². The van der Waals surface area contributed by atoms with Gasteiger partial charge in [-0.2, -0.15) is 0 Å². The quantitative estimate of drug-likeness (QED) is 0.800. The number of hydrogen-bond donors (Lipinski definition) is 1. The Morgan fingerprint density at radius 1 is 1.14 bits per heavy atom. The first kappa shape index (κ1) is 16.0. The molecule has 112 valence electrons. The minimum atomic E-state index is 0.542. The lowest BCUT2D eigenvalue weighted by Gasteiger charge is -2.13. The van der Waals surface area contributed by atoms with Crippen molar-refractivity contribution in [1.82, 2.24) is 0 Å². The Bertz CT molecular complexity index is 646. The van der Waals surface area contributed by atoms with E-state index >= 15 is 0 Å². The summed E-state index contributed by atoms with van der Waals surface area (Å²) in [5, 5.41) is 3.91. The molecule has 0 unspecified atom stereocenters. The van der Waals surface area contributed by atoms with Crippen molar-refractivity contribution in [1.29, 1.82) is 0 Å². The van der Waals surface area contributed by atoms with Crippen LogP contribution in [-0.4, -0.2) is 14.2 Å². The number of aryl methyl sites for hydroxylation is 1. The lowest BCUT2D eigenvalue weighted by molar-refractivity contribution is 0.355. The van der Waals surface area contributed by atoms with Gasteiger partial charge < -0.3 is 14.8 Å². The van der Waals surface area contributed by atoms with E-state index < -0.39 is 0 Å². The Labute approximate surface area is 138 Å². The fraction of sp³-hybridized carbons (Fsp3) is 0.250. The van der Waals surface area contributed by atoms with Crippen LogP contribution in [0.25, 0.3) is 0 Å². The molecule has 2 aromatic rings. The second-order valence-corrected chi connectivity index (χ2v) is 5.89. The van der Waals surface area contributed by atoms with E-state index in [1.54, 1.807) is 14.2 Å². The van der Waals surface area contributed by atoms with Gasteiger partial charge in [0.15, 0.2) is 11.5 Å². The van der Waals surface area contributed by atoms with E-state index in [0.29, 0.717) is 23.1 Å². The summed E-state index contributed by atoms with van der Waals surface area (Å²) in [7, 11) is 3.18. The van der Waals surface area contributed by atoms with Crippen LogP contribution in [0.5, 0.6) is 11.5 Å². The third-order valence-corrected chi connectivity index (χ3v) is 4.32. The molecule has 0 spiro atoms.